The van der Waals surface area contributed by atoms with Crippen LogP contribution in [0.3, 0.4) is 0 Å². The predicted octanol–water partition coefficient (Wildman–Crippen LogP) is 3.24. The third-order valence-corrected chi connectivity index (χ3v) is 7.14. The van der Waals surface area contributed by atoms with Crippen molar-refractivity contribution >= 4 is 37.1 Å². The van der Waals surface area contributed by atoms with Gasteiger partial charge in [0.2, 0.25) is 0 Å². The van der Waals surface area contributed by atoms with Gasteiger partial charge in [-0.25, -0.2) is 0 Å². The molecule has 0 atom stereocenters. The summed E-state index contributed by atoms with van der Waals surface area (Å²) in [6, 6.07) is 12.6. The zero-order valence-electron chi connectivity index (χ0n) is 9.20. The second-order valence-electron chi connectivity index (χ2n) is 4.21. The summed E-state index contributed by atoms with van der Waals surface area (Å²) in [5.41, 5.74) is 0.592. The first-order valence-electron chi connectivity index (χ1n) is 5.06. The molecule has 2 rings (SSSR count). The first-order valence-corrected chi connectivity index (χ1v) is 7.85. The molecule has 2 aromatic rings. The fourth-order valence-corrected chi connectivity index (χ4v) is 5.34. The van der Waals surface area contributed by atoms with Gasteiger partial charge in [0.1, 0.15) is 0 Å². The number of hydrogen-bond acceptors (Lipinski definition) is 1. The number of rotatable bonds is 2. The molecule has 0 saturated carbocycles. The van der Waals surface area contributed by atoms with E-state index in [2.05, 4.69) is 52.9 Å². The first-order chi connectivity index (χ1) is 7.48. The van der Waals surface area contributed by atoms with Gasteiger partial charge in [0, 0.05) is 0 Å². The Bertz CT molecular complexity index is 482. The Morgan fingerprint density at radius 1 is 1.19 bits per heavy atom. The Morgan fingerprint density at radius 2 is 1.81 bits per heavy atom. The Morgan fingerprint density at radius 3 is 2.31 bits per heavy atom. The summed E-state index contributed by atoms with van der Waals surface area (Å²) in [5.74, 6) is 0. The van der Waals surface area contributed by atoms with Crippen molar-refractivity contribution in [3.63, 3.8) is 0 Å². The predicted molar refractivity (Wildman–Crippen MR) is 76.8 cm³/mol. The maximum atomic E-state index is 10.0. The van der Waals surface area contributed by atoms with E-state index in [-0.39, 0.29) is 14.5 Å². The van der Waals surface area contributed by atoms with E-state index >= 15 is 0 Å². The number of aliphatic hydroxyl groups is 1. The average molecular weight is 391 g/mol. The van der Waals surface area contributed by atoms with Gasteiger partial charge in [-0.05, 0) is 0 Å². The summed E-state index contributed by atoms with van der Waals surface area (Å²) in [4.78, 5) is 0. The van der Waals surface area contributed by atoms with Crippen molar-refractivity contribution in [3.05, 3.63) is 44.4 Å². The first kappa shape index (κ1) is 12.4. The van der Waals surface area contributed by atoms with Gasteiger partial charge in [0.15, 0.2) is 0 Å². The van der Waals surface area contributed by atoms with E-state index in [1.807, 2.05) is 19.9 Å². The van der Waals surface area contributed by atoms with Crippen molar-refractivity contribution < 1.29 is 5.11 Å². The molecule has 0 aliphatic carbocycles. The van der Waals surface area contributed by atoms with Gasteiger partial charge in [0.05, 0.1) is 0 Å². The van der Waals surface area contributed by atoms with E-state index < -0.39 is 5.60 Å². The van der Waals surface area contributed by atoms with Crippen LogP contribution in [0.5, 0.6) is 0 Å². The summed E-state index contributed by atoms with van der Waals surface area (Å²) >= 11 is 2.61. The molecule has 1 heterocycles. The molecule has 1 nitrogen and oxygen atoms in total. The number of benzene rings is 1. The Hall–Kier alpha value is -0.0905. The molecule has 0 fully saturated rings. The van der Waals surface area contributed by atoms with Gasteiger partial charge in [-0.2, -0.15) is 0 Å². The van der Waals surface area contributed by atoms with Crippen LogP contribution in [0.2, 0.25) is 0 Å². The van der Waals surface area contributed by atoms with Crippen molar-refractivity contribution in [2.24, 2.45) is 0 Å². The van der Waals surface area contributed by atoms with E-state index in [0.29, 0.717) is 0 Å². The minimum absolute atomic E-state index is 0.246. The van der Waals surface area contributed by atoms with Crippen LogP contribution in [-0.4, -0.2) is 19.6 Å². The second kappa shape index (κ2) is 4.65. The fraction of sp³-hybridized carbons (Fsp3) is 0.231. The maximum absolute atomic E-state index is 10.0. The van der Waals surface area contributed by atoms with Gasteiger partial charge >= 0.3 is 116 Å². The van der Waals surface area contributed by atoms with Crippen molar-refractivity contribution in [1.29, 1.82) is 0 Å². The molecule has 0 unspecified atom stereocenters. The normalized spacial score (nSPS) is 11.8. The standard InChI is InChI=1S/C13H13IOSe/c1-13(2,15)11-8-10(14)12(16-11)9-6-4-3-5-7-9/h3-8,15H,1-2H3. The quantitative estimate of drug-likeness (QED) is 0.616. The summed E-state index contributed by atoms with van der Waals surface area (Å²) in [5, 5.41) is 10.0. The van der Waals surface area contributed by atoms with Crippen LogP contribution >= 0.6 is 22.6 Å². The summed E-state index contributed by atoms with van der Waals surface area (Å²) in [7, 11) is 0. The molecule has 3 heteroatoms. The minimum atomic E-state index is -0.688. The van der Waals surface area contributed by atoms with Crippen LogP contribution in [0.25, 0.3) is 10.0 Å². The third kappa shape index (κ3) is 2.59. The molecule has 0 amide bonds. The van der Waals surface area contributed by atoms with Gasteiger partial charge in [-0.15, -0.1) is 0 Å². The van der Waals surface area contributed by atoms with Gasteiger partial charge < -0.3 is 0 Å². The van der Waals surface area contributed by atoms with Crippen LogP contribution in [0.1, 0.15) is 18.3 Å². The molecule has 0 saturated heterocycles. The molecular formula is C13H13IOSe. The van der Waals surface area contributed by atoms with E-state index in [1.165, 1.54) is 13.6 Å². The van der Waals surface area contributed by atoms with Gasteiger partial charge in [-0.1, -0.05) is 0 Å². The molecule has 16 heavy (non-hydrogen) atoms. The third-order valence-electron chi connectivity index (χ3n) is 2.33. The number of halogens is 1. The van der Waals surface area contributed by atoms with Crippen molar-refractivity contribution in [1.82, 2.24) is 0 Å². The molecule has 0 bridgehead atoms. The van der Waals surface area contributed by atoms with E-state index in [4.69, 9.17) is 0 Å². The average Bonchev–Trinajstić information content (AvgIpc) is 2.61. The molecule has 0 aliphatic rings. The van der Waals surface area contributed by atoms with Crippen molar-refractivity contribution in [3.8, 4) is 10.0 Å². The van der Waals surface area contributed by atoms with Crippen LogP contribution in [0.4, 0.5) is 0 Å². The molecule has 1 aromatic heterocycles. The van der Waals surface area contributed by atoms with Gasteiger partial charge in [-0.3, -0.25) is 0 Å². The fourth-order valence-electron chi connectivity index (χ4n) is 1.46. The molecule has 1 aromatic carbocycles. The summed E-state index contributed by atoms with van der Waals surface area (Å²) in [6.45, 7) is 3.72. The SMILES string of the molecule is CC(C)(O)c1cc(I)c(-c2ccccc2)[se]1. The summed E-state index contributed by atoms with van der Waals surface area (Å²) < 4.78 is 3.80. The zero-order chi connectivity index (χ0) is 11.8. The molecule has 0 aliphatic heterocycles. The van der Waals surface area contributed by atoms with Crippen LogP contribution in [0, 0.1) is 3.57 Å². The Labute approximate surface area is 115 Å². The molecule has 1 N–H and O–H groups in total. The van der Waals surface area contributed by atoms with E-state index in [9.17, 15) is 5.11 Å². The van der Waals surface area contributed by atoms with E-state index in [1.54, 1.807) is 0 Å². The Balaban J connectivity index is 2.48. The van der Waals surface area contributed by atoms with Crippen molar-refractivity contribution in [2.45, 2.75) is 19.4 Å². The monoisotopic (exact) mass is 392 g/mol. The second-order valence-corrected chi connectivity index (χ2v) is 7.58. The van der Waals surface area contributed by atoms with E-state index in [0.717, 1.165) is 4.44 Å². The molecule has 0 radical (unpaired) electrons. The van der Waals surface area contributed by atoms with Crippen LogP contribution < -0.4 is 0 Å². The zero-order valence-corrected chi connectivity index (χ0v) is 13.1. The number of hydrogen-bond donors (Lipinski definition) is 1. The van der Waals surface area contributed by atoms with Crippen LogP contribution in [0.15, 0.2) is 36.4 Å². The topological polar surface area (TPSA) is 20.2 Å². The van der Waals surface area contributed by atoms with Crippen LogP contribution in [-0.2, 0) is 5.60 Å². The molecule has 0 spiro atoms. The summed E-state index contributed by atoms with van der Waals surface area (Å²) in [6.07, 6.45) is 0. The Kier molecular flexibility index (Phi) is 3.59. The molecular weight excluding hydrogens is 378 g/mol. The van der Waals surface area contributed by atoms with Gasteiger partial charge in [0.25, 0.3) is 0 Å². The van der Waals surface area contributed by atoms with Crippen molar-refractivity contribution in [2.75, 3.05) is 0 Å². The molecule has 84 valence electrons.